The Kier molecular flexibility index (Phi) is 4.97. The number of fused-ring (bicyclic) bond motifs is 2. The van der Waals surface area contributed by atoms with Crippen LogP contribution < -0.4 is 4.90 Å². The molecule has 0 radical (unpaired) electrons. The molecule has 5 nitrogen and oxygen atoms in total. The van der Waals surface area contributed by atoms with E-state index < -0.39 is 0 Å². The molecule has 0 aliphatic carbocycles. The summed E-state index contributed by atoms with van der Waals surface area (Å²) in [6, 6.07) is 8.63. The summed E-state index contributed by atoms with van der Waals surface area (Å²) >= 11 is 1.52. The van der Waals surface area contributed by atoms with Crippen LogP contribution >= 0.6 is 11.3 Å². The average Bonchev–Trinajstić information content (AvgIpc) is 3.09. The van der Waals surface area contributed by atoms with E-state index in [0.717, 1.165) is 59.1 Å². The fourth-order valence-corrected chi connectivity index (χ4v) is 6.26. The van der Waals surface area contributed by atoms with Crippen LogP contribution in [0.25, 0.3) is 10.2 Å². The first-order valence-corrected chi connectivity index (χ1v) is 11.7. The molecule has 156 valence electrons. The van der Waals surface area contributed by atoms with Crippen molar-refractivity contribution >= 4 is 33.3 Å². The molecule has 2 unspecified atom stereocenters. The molecule has 0 spiro atoms. The first-order valence-electron chi connectivity index (χ1n) is 10.9. The fraction of sp³-hybridized carbons (Fsp3) is 0.458. The van der Waals surface area contributed by atoms with Crippen LogP contribution in [0, 0.1) is 18.8 Å². The molecule has 1 saturated heterocycles. The lowest BCUT2D eigenvalue weighted by Crippen LogP contribution is -2.42. The molecular weight excluding hydrogens is 392 g/mol. The third-order valence-electron chi connectivity index (χ3n) is 6.49. The van der Waals surface area contributed by atoms with Gasteiger partial charge in [0.25, 0.3) is 5.91 Å². The van der Waals surface area contributed by atoms with Gasteiger partial charge in [-0.3, -0.25) is 4.79 Å². The van der Waals surface area contributed by atoms with Crippen molar-refractivity contribution in [1.29, 1.82) is 0 Å². The Morgan fingerprint density at radius 2 is 1.83 bits per heavy atom. The molecule has 4 heterocycles. The van der Waals surface area contributed by atoms with E-state index in [4.69, 9.17) is 0 Å². The molecule has 2 aliphatic heterocycles. The van der Waals surface area contributed by atoms with Gasteiger partial charge in [0.2, 0.25) is 0 Å². The van der Waals surface area contributed by atoms with E-state index in [1.807, 2.05) is 4.90 Å². The third kappa shape index (κ3) is 3.37. The minimum Gasteiger partial charge on any atom is -0.351 e. The van der Waals surface area contributed by atoms with Gasteiger partial charge in [0, 0.05) is 26.2 Å². The van der Waals surface area contributed by atoms with E-state index in [1.54, 1.807) is 6.33 Å². The largest absolute Gasteiger partial charge is 0.351 e. The molecule has 1 aromatic carbocycles. The van der Waals surface area contributed by atoms with Crippen LogP contribution in [0.2, 0.25) is 0 Å². The van der Waals surface area contributed by atoms with Crippen molar-refractivity contribution in [3.05, 3.63) is 52.2 Å². The van der Waals surface area contributed by atoms with Gasteiger partial charge in [-0.2, -0.15) is 0 Å². The Labute approximate surface area is 181 Å². The van der Waals surface area contributed by atoms with Crippen LogP contribution in [0.1, 0.15) is 46.6 Å². The number of anilines is 1. The number of piperidine rings is 1. The SMILES string of the molecule is Cc1c(C(=O)N2CC(C)CC(C)C2)sc2ncnc(N3CCc4ccccc4C3)c12. The number of amides is 1. The minimum absolute atomic E-state index is 0.156. The van der Waals surface area contributed by atoms with Crippen LogP contribution in [0.4, 0.5) is 5.82 Å². The number of likely N-dealkylation sites (tertiary alicyclic amines) is 1. The Morgan fingerprint density at radius 3 is 2.60 bits per heavy atom. The maximum absolute atomic E-state index is 13.4. The molecule has 0 bridgehead atoms. The highest BCUT2D eigenvalue weighted by atomic mass is 32.1. The molecule has 0 N–H and O–H groups in total. The van der Waals surface area contributed by atoms with Gasteiger partial charge in [-0.1, -0.05) is 38.1 Å². The van der Waals surface area contributed by atoms with Crippen LogP contribution in [-0.4, -0.2) is 40.4 Å². The smallest absolute Gasteiger partial charge is 0.264 e. The van der Waals surface area contributed by atoms with Gasteiger partial charge in [-0.15, -0.1) is 11.3 Å². The number of aromatic nitrogens is 2. The highest BCUT2D eigenvalue weighted by Crippen LogP contribution is 2.37. The van der Waals surface area contributed by atoms with E-state index >= 15 is 0 Å². The van der Waals surface area contributed by atoms with Crippen molar-refractivity contribution in [3.63, 3.8) is 0 Å². The van der Waals surface area contributed by atoms with E-state index in [0.29, 0.717) is 11.8 Å². The number of benzene rings is 1. The van der Waals surface area contributed by atoms with E-state index in [-0.39, 0.29) is 5.91 Å². The van der Waals surface area contributed by atoms with Crippen LogP contribution in [0.5, 0.6) is 0 Å². The van der Waals surface area contributed by atoms with Crippen LogP contribution in [-0.2, 0) is 13.0 Å². The predicted molar refractivity (Wildman–Crippen MR) is 122 cm³/mol. The highest BCUT2D eigenvalue weighted by molar-refractivity contribution is 7.20. The summed E-state index contributed by atoms with van der Waals surface area (Å²) in [6.07, 6.45) is 3.86. The molecule has 1 amide bonds. The molecule has 2 aliphatic rings. The molecular formula is C24H28N4OS. The maximum Gasteiger partial charge on any atom is 0.264 e. The van der Waals surface area contributed by atoms with Gasteiger partial charge in [-0.25, -0.2) is 9.97 Å². The zero-order chi connectivity index (χ0) is 20.8. The van der Waals surface area contributed by atoms with E-state index in [2.05, 4.69) is 59.9 Å². The summed E-state index contributed by atoms with van der Waals surface area (Å²) < 4.78 is 0. The molecule has 2 atom stereocenters. The van der Waals surface area contributed by atoms with E-state index in [9.17, 15) is 4.79 Å². The molecule has 30 heavy (non-hydrogen) atoms. The summed E-state index contributed by atoms with van der Waals surface area (Å²) in [5, 5.41) is 1.04. The quantitative estimate of drug-likeness (QED) is 0.604. The minimum atomic E-state index is 0.156. The van der Waals surface area contributed by atoms with Crippen LogP contribution in [0.15, 0.2) is 30.6 Å². The number of carbonyl (C=O) groups excluding carboxylic acids is 1. The highest BCUT2D eigenvalue weighted by Gasteiger charge is 2.30. The molecule has 1 fully saturated rings. The normalized spacial score (nSPS) is 21.7. The first-order chi connectivity index (χ1) is 14.5. The molecule has 0 saturated carbocycles. The Balaban J connectivity index is 1.50. The average molecular weight is 421 g/mol. The zero-order valence-electron chi connectivity index (χ0n) is 17.9. The van der Waals surface area contributed by atoms with Gasteiger partial charge in [0.1, 0.15) is 17.0 Å². The molecule has 6 heteroatoms. The Hall–Kier alpha value is -2.47. The van der Waals surface area contributed by atoms with Gasteiger partial charge in [0.05, 0.1) is 10.3 Å². The number of carbonyl (C=O) groups is 1. The van der Waals surface area contributed by atoms with Gasteiger partial charge in [-0.05, 0) is 48.3 Å². The van der Waals surface area contributed by atoms with Crippen molar-refractivity contribution < 1.29 is 4.79 Å². The second-order valence-electron chi connectivity index (χ2n) is 9.03. The van der Waals surface area contributed by atoms with Gasteiger partial charge in [0.15, 0.2) is 0 Å². The number of nitrogens with zero attached hydrogens (tertiary/aromatic N) is 4. The Bertz CT molecular complexity index is 1100. The Morgan fingerprint density at radius 1 is 1.10 bits per heavy atom. The topological polar surface area (TPSA) is 49.3 Å². The van der Waals surface area contributed by atoms with Crippen molar-refractivity contribution in [1.82, 2.24) is 14.9 Å². The summed E-state index contributed by atoms with van der Waals surface area (Å²) in [4.78, 5) is 28.7. The summed E-state index contributed by atoms with van der Waals surface area (Å²) in [5.74, 6) is 2.22. The van der Waals surface area contributed by atoms with Crippen LogP contribution in [0.3, 0.4) is 0 Å². The van der Waals surface area contributed by atoms with Crippen molar-refractivity contribution in [2.75, 3.05) is 24.5 Å². The zero-order valence-corrected chi connectivity index (χ0v) is 18.7. The second kappa shape index (κ2) is 7.65. The third-order valence-corrected chi connectivity index (χ3v) is 7.68. The summed E-state index contributed by atoms with van der Waals surface area (Å²) in [7, 11) is 0. The number of hydrogen-bond donors (Lipinski definition) is 0. The standard InChI is InChI=1S/C24H28N4OS/c1-15-10-16(2)12-28(11-15)24(29)21-17(3)20-22(25-14-26-23(20)30-21)27-9-8-18-6-4-5-7-19(18)13-27/h4-7,14-16H,8-13H2,1-3H3. The summed E-state index contributed by atoms with van der Waals surface area (Å²) in [5.41, 5.74) is 3.81. The maximum atomic E-state index is 13.4. The van der Waals surface area contributed by atoms with Gasteiger partial charge < -0.3 is 9.80 Å². The van der Waals surface area contributed by atoms with Crippen molar-refractivity contribution in [2.24, 2.45) is 11.8 Å². The number of rotatable bonds is 2. The van der Waals surface area contributed by atoms with Crippen molar-refractivity contribution in [2.45, 2.75) is 40.2 Å². The lowest BCUT2D eigenvalue weighted by molar-refractivity contribution is 0.0627. The van der Waals surface area contributed by atoms with Gasteiger partial charge >= 0.3 is 0 Å². The number of hydrogen-bond acceptors (Lipinski definition) is 5. The molecule has 3 aromatic rings. The second-order valence-corrected chi connectivity index (χ2v) is 10.0. The molecule has 5 rings (SSSR count). The predicted octanol–water partition coefficient (Wildman–Crippen LogP) is 4.68. The molecule has 2 aromatic heterocycles. The monoisotopic (exact) mass is 420 g/mol. The lowest BCUT2D eigenvalue weighted by atomic mass is 9.92. The fourth-order valence-electron chi connectivity index (χ4n) is 5.15. The number of aryl methyl sites for hydroxylation is 1. The summed E-state index contributed by atoms with van der Waals surface area (Å²) in [6.45, 7) is 10.0. The van der Waals surface area contributed by atoms with E-state index in [1.165, 1.54) is 28.9 Å². The number of thiophene rings is 1. The lowest BCUT2D eigenvalue weighted by Gasteiger charge is -2.34. The first kappa shape index (κ1) is 19.5. The van der Waals surface area contributed by atoms with Crippen molar-refractivity contribution in [3.8, 4) is 0 Å².